The van der Waals surface area contributed by atoms with Gasteiger partial charge in [-0.25, -0.2) is 0 Å². The van der Waals surface area contributed by atoms with Crippen LogP contribution in [0.4, 0.5) is 0 Å². The molecule has 0 amide bonds. The number of furan rings is 1. The molecular weight excluding hydrogens is 240 g/mol. The lowest BCUT2D eigenvalue weighted by atomic mass is 10.0. The normalized spacial score (nSPS) is 12.4. The molecular formula is C15H14N2O2. The van der Waals surface area contributed by atoms with Gasteiger partial charge in [0.15, 0.2) is 0 Å². The van der Waals surface area contributed by atoms with E-state index in [1.807, 2.05) is 36.4 Å². The maximum atomic E-state index is 5.51. The van der Waals surface area contributed by atoms with Crippen molar-refractivity contribution in [3.8, 4) is 0 Å². The average molecular weight is 254 g/mol. The standard InChI is InChI=1S/C15H14N2O2/c1-2-5-12(6-3-1)15(14-7-4-9-18-14)16-11-13-8-10-19-17-13/h1-10,15-16H,11H2. The Bertz CT molecular complexity index is 588. The first-order valence-electron chi connectivity index (χ1n) is 6.14. The van der Waals surface area contributed by atoms with Crippen LogP contribution in [0.3, 0.4) is 0 Å². The van der Waals surface area contributed by atoms with Crippen molar-refractivity contribution in [1.29, 1.82) is 0 Å². The van der Waals surface area contributed by atoms with Gasteiger partial charge in [-0.05, 0) is 17.7 Å². The van der Waals surface area contributed by atoms with Gasteiger partial charge in [0.25, 0.3) is 0 Å². The van der Waals surface area contributed by atoms with Crippen molar-refractivity contribution >= 4 is 0 Å². The van der Waals surface area contributed by atoms with E-state index in [4.69, 9.17) is 8.94 Å². The molecule has 2 aromatic heterocycles. The Morgan fingerprint density at radius 1 is 1.00 bits per heavy atom. The second kappa shape index (κ2) is 5.54. The Labute approximate surface area is 111 Å². The third-order valence-electron chi connectivity index (χ3n) is 2.94. The van der Waals surface area contributed by atoms with E-state index in [-0.39, 0.29) is 6.04 Å². The van der Waals surface area contributed by atoms with Gasteiger partial charge < -0.3 is 8.94 Å². The third kappa shape index (κ3) is 2.74. The van der Waals surface area contributed by atoms with E-state index in [9.17, 15) is 0 Å². The molecule has 3 aromatic rings. The van der Waals surface area contributed by atoms with E-state index in [1.54, 1.807) is 12.5 Å². The largest absolute Gasteiger partial charge is 0.467 e. The summed E-state index contributed by atoms with van der Waals surface area (Å²) in [5.41, 5.74) is 2.02. The van der Waals surface area contributed by atoms with Gasteiger partial charge in [0, 0.05) is 12.6 Å². The van der Waals surface area contributed by atoms with E-state index in [1.165, 1.54) is 0 Å². The Kier molecular flexibility index (Phi) is 3.42. The van der Waals surface area contributed by atoms with Gasteiger partial charge in [-0.1, -0.05) is 35.5 Å². The minimum atomic E-state index is 0.00731. The van der Waals surface area contributed by atoms with E-state index in [0.717, 1.165) is 17.0 Å². The molecule has 0 bridgehead atoms. The molecule has 0 saturated heterocycles. The third-order valence-corrected chi connectivity index (χ3v) is 2.94. The SMILES string of the molecule is c1ccc(C(NCc2ccon2)c2ccco2)cc1. The van der Waals surface area contributed by atoms with Gasteiger partial charge in [0.1, 0.15) is 12.0 Å². The highest BCUT2D eigenvalue weighted by Crippen LogP contribution is 2.22. The Hall–Kier alpha value is -2.33. The highest BCUT2D eigenvalue weighted by atomic mass is 16.5. The van der Waals surface area contributed by atoms with Crippen LogP contribution in [0.5, 0.6) is 0 Å². The number of benzene rings is 1. The van der Waals surface area contributed by atoms with E-state index in [0.29, 0.717) is 6.54 Å². The summed E-state index contributed by atoms with van der Waals surface area (Å²) in [5.74, 6) is 0.884. The van der Waals surface area contributed by atoms with Crippen LogP contribution in [0.15, 0.2) is 70.0 Å². The molecule has 0 fully saturated rings. The summed E-state index contributed by atoms with van der Waals surface area (Å²) in [5, 5.41) is 7.32. The monoisotopic (exact) mass is 254 g/mol. The lowest BCUT2D eigenvalue weighted by Crippen LogP contribution is -2.21. The molecule has 1 atom stereocenters. The maximum Gasteiger partial charge on any atom is 0.125 e. The molecule has 3 rings (SSSR count). The maximum absolute atomic E-state index is 5.51. The molecule has 19 heavy (non-hydrogen) atoms. The summed E-state index contributed by atoms with van der Waals surface area (Å²) in [6.45, 7) is 0.622. The van der Waals surface area contributed by atoms with E-state index < -0.39 is 0 Å². The zero-order valence-corrected chi connectivity index (χ0v) is 10.3. The zero-order chi connectivity index (χ0) is 12.9. The molecule has 4 nitrogen and oxygen atoms in total. The first-order valence-corrected chi connectivity index (χ1v) is 6.14. The lowest BCUT2D eigenvalue weighted by molar-refractivity contribution is 0.401. The van der Waals surface area contributed by atoms with Crippen molar-refractivity contribution in [2.45, 2.75) is 12.6 Å². The molecule has 1 N–H and O–H groups in total. The molecule has 0 aliphatic heterocycles. The fourth-order valence-corrected chi connectivity index (χ4v) is 2.02. The lowest BCUT2D eigenvalue weighted by Gasteiger charge is -2.16. The molecule has 1 unspecified atom stereocenters. The number of nitrogens with zero attached hydrogens (tertiary/aromatic N) is 1. The fraction of sp³-hybridized carbons (Fsp3) is 0.133. The van der Waals surface area contributed by atoms with E-state index >= 15 is 0 Å². The molecule has 0 aliphatic rings. The van der Waals surface area contributed by atoms with Gasteiger partial charge in [0.2, 0.25) is 0 Å². The summed E-state index contributed by atoms with van der Waals surface area (Å²) < 4.78 is 10.3. The Morgan fingerprint density at radius 2 is 1.89 bits per heavy atom. The number of hydrogen-bond acceptors (Lipinski definition) is 4. The summed E-state index contributed by atoms with van der Waals surface area (Å²) in [7, 11) is 0. The van der Waals surface area contributed by atoms with Gasteiger partial charge in [0.05, 0.1) is 18.0 Å². The van der Waals surface area contributed by atoms with Crippen molar-refractivity contribution in [3.63, 3.8) is 0 Å². The van der Waals surface area contributed by atoms with Crippen LogP contribution in [0.1, 0.15) is 23.1 Å². The van der Waals surface area contributed by atoms with Crippen LogP contribution >= 0.6 is 0 Å². The Morgan fingerprint density at radius 3 is 2.58 bits per heavy atom. The number of rotatable bonds is 5. The van der Waals surface area contributed by atoms with Crippen LogP contribution in [-0.2, 0) is 6.54 Å². The highest BCUT2D eigenvalue weighted by Gasteiger charge is 2.16. The van der Waals surface area contributed by atoms with Crippen molar-refractivity contribution in [2.24, 2.45) is 0 Å². The first-order chi connectivity index (χ1) is 9.43. The zero-order valence-electron chi connectivity index (χ0n) is 10.3. The van der Waals surface area contributed by atoms with Gasteiger partial charge >= 0.3 is 0 Å². The van der Waals surface area contributed by atoms with Crippen LogP contribution in [-0.4, -0.2) is 5.16 Å². The smallest absolute Gasteiger partial charge is 0.125 e. The summed E-state index contributed by atoms with van der Waals surface area (Å²) >= 11 is 0. The van der Waals surface area contributed by atoms with E-state index in [2.05, 4.69) is 22.6 Å². The Balaban J connectivity index is 1.81. The van der Waals surface area contributed by atoms with Crippen molar-refractivity contribution in [1.82, 2.24) is 10.5 Å². The van der Waals surface area contributed by atoms with Gasteiger partial charge in [-0.15, -0.1) is 0 Å². The molecule has 4 heteroatoms. The number of hydrogen-bond donors (Lipinski definition) is 1. The van der Waals surface area contributed by atoms with Gasteiger partial charge in [-0.2, -0.15) is 0 Å². The summed E-state index contributed by atoms with van der Waals surface area (Å²) in [6, 6.07) is 15.9. The minimum Gasteiger partial charge on any atom is -0.467 e. The summed E-state index contributed by atoms with van der Waals surface area (Å²) in [6.07, 6.45) is 3.25. The fourth-order valence-electron chi connectivity index (χ4n) is 2.02. The molecule has 0 aliphatic carbocycles. The number of nitrogens with one attached hydrogen (secondary N) is 1. The van der Waals surface area contributed by atoms with Crippen LogP contribution in [0, 0.1) is 0 Å². The highest BCUT2D eigenvalue weighted by molar-refractivity contribution is 5.26. The van der Waals surface area contributed by atoms with Crippen LogP contribution in [0.25, 0.3) is 0 Å². The predicted octanol–water partition coefficient (Wildman–Crippen LogP) is 3.15. The minimum absolute atomic E-state index is 0.00731. The average Bonchev–Trinajstić information content (AvgIpc) is 3.13. The molecule has 0 spiro atoms. The van der Waals surface area contributed by atoms with Crippen molar-refractivity contribution in [3.05, 3.63) is 78.1 Å². The predicted molar refractivity (Wildman–Crippen MR) is 70.3 cm³/mol. The molecule has 1 aromatic carbocycles. The molecule has 0 radical (unpaired) electrons. The molecule has 96 valence electrons. The van der Waals surface area contributed by atoms with Crippen molar-refractivity contribution in [2.75, 3.05) is 0 Å². The van der Waals surface area contributed by atoms with Crippen LogP contribution < -0.4 is 5.32 Å². The van der Waals surface area contributed by atoms with Crippen molar-refractivity contribution < 1.29 is 8.94 Å². The number of aromatic nitrogens is 1. The molecule has 2 heterocycles. The van der Waals surface area contributed by atoms with Crippen LogP contribution in [0.2, 0.25) is 0 Å². The quantitative estimate of drug-likeness (QED) is 0.760. The topological polar surface area (TPSA) is 51.2 Å². The summed E-state index contributed by atoms with van der Waals surface area (Å²) in [4.78, 5) is 0. The van der Waals surface area contributed by atoms with Gasteiger partial charge in [-0.3, -0.25) is 5.32 Å². The second-order valence-electron chi connectivity index (χ2n) is 4.23. The first kappa shape index (κ1) is 11.7. The second-order valence-corrected chi connectivity index (χ2v) is 4.23. The molecule has 0 saturated carbocycles.